The summed E-state index contributed by atoms with van der Waals surface area (Å²) in [7, 11) is 0. The zero-order valence-corrected chi connectivity index (χ0v) is 21.0. The molecule has 0 aliphatic carbocycles. The molecule has 178 valence electrons. The van der Waals surface area contributed by atoms with Crippen molar-refractivity contribution in [3.63, 3.8) is 0 Å². The minimum absolute atomic E-state index is 0.0845. The van der Waals surface area contributed by atoms with E-state index in [9.17, 15) is 9.59 Å². The summed E-state index contributed by atoms with van der Waals surface area (Å²) in [6.07, 6.45) is 0.132. The highest BCUT2D eigenvalue weighted by Gasteiger charge is 2.39. The molecule has 2 amide bonds. The highest BCUT2D eigenvalue weighted by Crippen LogP contribution is 2.38. The van der Waals surface area contributed by atoms with Crippen molar-refractivity contribution in [2.45, 2.75) is 20.3 Å². The maximum Gasteiger partial charge on any atom is 0.238 e. The molecule has 2 heterocycles. The van der Waals surface area contributed by atoms with Gasteiger partial charge in [-0.15, -0.1) is 0 Å². The molecule has 5 rings (SSSR count). The fourth-order valence-corrected chi connectivity index (χ4v) is 5.37. The first kappa shape index (κ1) is 23.3. The summed E-state index contributed by atoms with van der Waals surface area (Å²) in [6.45, 7) is 4.71. The monoisotopic (exact) mass is 505 g/mol. The second-order valence-electron chi connectivity index (χ2n) is 8.40. The van der Waals surface area contributed by atoms with E-state index in [0.717, 1.165) is 27.2 Å². The molecule has 1 aliphatic rings. The third-order valence-electron chi connectivity index (χ3n) is 6.04. The average molecular weight is 506 g/mol. The van der Waals surface area contributed by atoms with Gasteiger partial charge in [-0.2, -0.15) is 0 Å². The maximum atomic E-state index is 13.9. The van der Waals surface area contributed by atoms with Crippen molar-refractivity contribution in [1.29, 1.82) is 0 Å². The molecule has 8 heteroatoms. The van der Waals surface area contributed by atoms with E-state index in [1.807, 2.05) is 74.5 Å². The van der Waals surface area contributed by atoms with Gasteiger partial charge in [0.1, 0.15) is 5.75 Å². The molecule has 4 aromatic rings. The molecular formula is C27H24ClN3O3S. The number of thiazole rings is 1. The minimum Gasteiger partial charge on any atom is -0.494 e. The maximum absolute atomic E-state index is 13.9. The molecule has 0 saturated carbocycles. The highest BCUT2D eigenvalue weighted by molar-refractivity contribution is 7.22. The molecular weight excluding hydrogens is 482 g/mol. The Labute approximate surface area is 212 Å². The summed E-state index contributed by atoms with van der Waals surface area (Å²) >= 11 is 7.86. The van der Waals surface area contributed by atoms with Crippen LogP contribution in [0.1, 0.15) is 18.9 Å². The Morgan fingerprint density at radius 2 is 1.94 bits per heavy atom. The third kappa shape index (κ3) is 4.61. The van der Waals surface area contributed by atoms with E-state index in [0.29, 0.717) is 29.0 Å². The average Bonchev–Trinajstić information content (AvgIpc) is 3.45. The fourth-order valence-electron chi connectivity index (χ4n) is 4.20. The smallest absolute Gasteiger partial charge is 0.238 e. The van der Waals surface area contributed by atoms with Crippen LogP contribution in [0.3, 0.4) is 0 Å². The zero-order chi connectivity index (χ0) is 24.5. The van der Waals surface area contributed by atoms with Gasteiger partial charge in [0.15, 0.2) is 5.13 Å². The van der Waals surface area contributed by atoms with E-state index < -0.39 is 5.92 Å². The molecule has 1 aliphatic heterocycles. The Balaban J connectivity index is 1.47. The van der Waals surface area contributed by atoms with Crippen molar-refractivity contribution in [3.05, 3.63) is 77.3 Å². The summed E-state index contributed by atoms with van der Waals surface area (Å²) in [6, 6.07) is 20.7. The molecule has 35 heavy (non-hydrogen) atoms. The summed E-state index contributed by atoms with van der Waals surface area (Å²) in [4.78, 5) is 34.9. The Bertz CT molecular complexity index is 1370. The van der Waals surface area contributed by atoms with Crippen LogP contribution in [0, 0.1) is 12.8 Å². The standard InChI is InChI=1S/C27H24ClN3O3S/c1-3-34-21-12-10-19(11-13-21)30-16-18(14-25(30)32)26(33)31(20-9-8-17(2)22(28)15-20)27-29-23-6-4-5-7-24(23)35-27/h4-13,15,18H,3,14,16H2,1-2H3. The predicted molar refractivity (Wildman–Crippen MR) is 141 cm³/mol. The number of para-hydroxylation sites is 1. The number of nitrogens with zero attached hydrogens (tertiary/aromatic N) is 3. The number of hydrogen-bond donors (Lipinski definition) is 0. The van der Waals surface area contributed by atoms with Gasteiger partial charge < -0.3 is 9.64 Å². The minimum atomic E-state index is -0.513. The van der Waals surface area contributed by atoms with E-state index >= 15 is 0 Å². The molecule has 0 bridgehead atoms. The van der Waals surface area contributed by atoms with E-state index in [1.54, 1.807) is 15.9 Å². The first-order chi connectivity index (χ1) is 16.9. The topological polar surface area (TPSA) is 62.7 Å². The van der Waals surface area contributed by atoms with Crippen molar-refractivity contribution in [2.24, 2.45) is 5.92 Å². The van der Waals surface area contributed by atoms with E-state index in [-0.39, 0.29) is 18.2 Å². The summed E-state index contributed by atoms with van der Waals surface area (Å²) < 4.78 is 6.48. The number of anilines is 3. The number of amides is 2. The van der Waals surface area contributed by atoms with E-state index in [1.165, 1.54) is 11.3 Å². The van der Waals surface area contributed by atoms with Crippen LogP contribution in [-0.4, -0.2) is 29.9 Å². The van der Waals surface area contributed by atoms with Gasteiger partial charge in [-0.3, -0.25) is 14.5 Å². The van der Waals surface area contributed by atoms with Gasteiger partial charge in [0, 0.05) is 23.7 Å². The van der Waals surface area contributed by atoms with Crippen LogP contribution in [0.4, 0.5) is 16.5 Å². The lowest BCUT2D eigenvalue weighted by Crippen LogP contribution is -2.34. The van der Waals surface area contributed by atoms with Crippen molar-refractivity contribution in [3.8, 4) is 5.75 Å². The molecule has 0 radical (unpaired) electrons. The second kappa shape index (κ2) is 9.68. The normalized spacial score (nSPS) is 15.6. The predicted octanol–water partition coefficient (Wildman–Crippen LogP) is 6.37. The first-order valence-electron chi connectivity index (χ1n) is 11.4. The molecule has 3 aromatic carbocycles. The number of halogens is 1. The lowest BCUT2D eigenvalue weighted by atomic mass is 10.1. The molecule has 1 fully saturated rings. The van der Waals surface area contributed by atoms with Crippen molar-refractivity contribution >= 4 is 61.5 Å². The number of fused-ring (bicyclic) bond motifs is 1. The highest BCUT2D eigenvalue weighted by atomic mass is 35.5. The molecule has 1 saturated heterocycles. The molecule has 6 nitrogen and oxygen atoms in total. The van der Waals surface area contributed by atoms with Crippen LogP contribution in [0.15, 0.2) is 66.7 Å². The summed E-state index contributed by atoms with van der Waals surface area (Å²) in [5, 5.41) is 1.13. The number of rotatable bonds is 6. The summed E-state index contributed by atoms with van der Waals surface area (Å²) in [5.41, 5.74) is 3.13. The van der Waals surface area contributed by atoms with Crippen LogP contribution in [0.5, 0.6) is 5.75 Å². The van der Waals surface area contributed by atoms with Gasteiger partial charge in [-0.05, 0) is 67.9 Å². The van der Waals surface area contributed by atoms with Gasteiger partial charge in [0.25, 0.3) is 0 Å². The van der Waals surface area contributed by atoms with Gasteiger partial charge in [0.05, 0.1) is 28.4 Å². The number of aryl methyl sites for hydroxylation is 1. The molecule has 1 unspecified atom stereocenters. The Hall–Kier alpha value is -3.42. The van der Waals surface area contributed by atoms with Crippen LogP contribution in [0.2, 0.25) is 5.02 Å². The molecule has 0 spiro atoms. The van der Waals surface area contributed by atoms with Crippen LogP contribution in [-0.2, 0) is 9.59 Å². The van der Waals surface area contributed by atoms with Crippen LogP contribution >= 0.6 is 22.9 Å². The van der Waals surface area contributed by atoms with Gasteiger partial charge in [-0.1, -0.05) is 41.1 Å². The second-order valence-corrected chi connectivity index (χ2v) is 9.82. The lowest BCUT2D eigenvalue weighted by molar-refractivity contribution is -0.123. The van der Waals surface area contributed by atoms with Crippen molar-refractivity contribution in [1.82, 2.24) is 4.98 Å². The van der Waals surface area contributed by atoms with E-state index in [2.05, 4.69) is 0 Å². The van der Waals surface area contributed by atoms with Gasteiger partial charge in [-0.25, -0.2) is 4.98 Å². The van der Waals surface area contributed by atoms with Gasteiger partial charge >= 0.3 is 0 Å². The molecule has 0 N–H and O–H groups in total. The number of carbonyl (C=O) groups is 2. The van der Waals surface area contributed by atoms with Crippen molar-refractivity contribution in [2.75, 3.05) is 23.0 Å². The summed E-state index contributed by atoms with van der Waals surface area (Å²) in [5.74, 6) is -0.0283. The zero-order valence-electron chi connectivity index (χ0n) is 19.4. The van der Waals surface area contributed by atoms with Crippen LogP contribution < -0.4 is 14.5 Å². The Kier molecular flexibility index (Phi) is 6.45. The Morgan fingerprint density at radius 1 is 1.17 bits per heavy atom. The van der Waals surface area contributed by atoms with Crippen molar-refractivity contribution < 1.29 is 14.3 Å². The van der Waals surface area contributed by atoms with Crippen LogP contribution in [0.25, 0.3) is 10.2 Å². The Morgan fingerprint density at radius 3 is 2.66 bits per heavy atom. The SMILES string of the molecule is CCOc1ccc(N2CC(C(=O)N(c3ccc(C)c(Cl)c3)c3nc4ccccc4s3)CC2=O)cc1. The number of benzene rings is 3. The number of aromatic nitrogens is 1. The lowest BCUT2D eigenvalue weighted by Gasteiger charge is -2.24. The fraction of sp³-hybridized carbons (Fsp3) is 0.222. The number of carbonyl (C=O) groups excluding carboxylic acids is 2. The third-order valence-corrected chi connectivity index (χ3v) is 7.47. The number of hydrogen-bond acceptors (Lipinski definition) is 5. The molecule has 1 atom stereocenters. The molecule has 1 aromatic heterocycles. The first-order valence-corrected chi connectivity index (χ1v) is 12.6. The number of ether oxygens (including phenoxy) is 1. The van der Waals surface area contributed by atoms with E-state index in [4.69, 9.17) is 21.3 Å². The quantitative estimate of drug-likeness (QED) is 0.305. The van der Waals surface area contributed by atoms with Gasteiger partial charge in [0.2, 0.25) is 11.8 Å². The largest absolute Gasteiger partial charge is 0.494 e.